The van der Waals surface area contributed by atoms with Gasteiger partial charge >= 0.3 is 5.97 Å². The van der Waals surface area contributed by atoms with Gasteiger partial charge in [-0.1, -0.05) is 17.7 Å². The first-order valence-corrected chi connectivity index (χ1v) is 6.57. The third kappa shape index (κ3) is 2.43. The lowest BCUT2D eigenvalue weighted by Gasteiger charge is -2.11. The quantitative estimate of drug-likeness (QED) is 0.612. The molecule has 2 rings (SSSR count). The molecule has 1 heterocycles. The fourth-order valence-electron chi connectivity index (χ4n) is 1.96. The van der Waals surface area contributed by atoms with Gasteiger partial charge in [0.1, 0.15) is 10.6 Å². The van der Waals surface area contributed by atoms with Gasteiger partial charge in [-0.05, 0) is 38.8 Å². The molecular weight excluding hydrogens is 246 g/mol. The molecule has 1 aromatic carbocycles. The van der Waals surface area contributed by atoms with Crippen LogP contribution >= 0.6 is 11.3 Å². The fourth-order valence-corrected chi connectivity index (χ4v) is 2.64. The number of benzene rings is 1. The number of nitrogens with zero attached hydrogens (tertiary/aromatic N) is 1. The molecule has 0 saturated heterocycles. The minimum absolute atomic E-state index is 0.329. The van der Waals surface area contributed by atoms with Gasteiger partial charge in [0.2, 0.25) is 0 Å². The molecule has 0 aliphatic carbocycles. The maximum atomic E-state index is 12.0. The zero-order valence-electron chi connectivity index (χ0n) is 10.9. The van der Waals surface area contributed by atoms with Crippen molar-refractivity contribution in [2.75, 3.05) is 0 Å². The van der Waals surface area contributed by atoms with E-state index in [0.29, 0.717) is 16.3 Å². The topological polar surface area (TPSA) is 39.2 Å². The van der Waals surface area contributed by atoms with Crippen molar-refractivity contribution in [1.82, 2.24) is 4.98 Å². The Balaban J connectivity index is 2.31. The number of hydrogen-bond acceptors (Lipinski definition) is 4. The number of carbonyl (C=O) groups excluding carboxylic acids is 1. The molecule has 0 unspecified atom stereocenters. The monoisotopic (exact) mass is 261 g/mol. The van der Waals surface area contributed by atoms with E-state index in [4.69, 9.17) is 4.74 Å². The Labute approximate surface area is 110 Å². The molecule has 0 spiro atoms. The van der Waals surface area contributed by atoms with Crippen molar-refractivity contribution in [1.29, 1.82) is 0 Å². The van der Waals surface area contributed by atoms with Crippen molar-refractivity contribution in [3.8, 4) is 5.75 Å². The van der Waals surface area contributed by atoms with Gasteiger partial charge in [0.25, 0.3) is 0 Å². The zero-order chi connectivity index (χ0) is 13.3. The normalized spacial score (nSPS) is 10.4. The van der Waals surface area contributed by atoms with Crippen LogP contribution in [0.4, 0.5) is 0 Å². The minimum Gasteiger partial charge on any atom is -0.422 e. The van der Waals surface area contributed by atoms with Crippen molar-refractivity contribution in [2.24, 2.45) is 0 Å². The van der Waals surface area contributed by atoms with Gasteiger partial charge in [-0.3, -0.25) is 0 Å². The Morgan fingerprint density at radius 1 is 1.17 bits per heavy atom. The van der Waals surface area contributed by atoms with E-state index in [0.717, 1.165) is 11.1 Å². The van der Waals surface area contributed by atoms with Gasteiger partial charge in [0.15, 0.2) is 0 Å². The molecule has 0 amide bonds. The highest BCUT2D eigenvalue weighted by molar-refractivity contribution is 7.11. The second-order valence-electron chi connectivity index (χ2n) is 4.38. The van der Waals surface area contributed by atoms with Gasteiger partial charge in [0.05, 0.1) is 11.2 Å². The summed E-state index contributed by atoms with van der Waals surface area (Å²) in [5, 5.41) is 0. The molecule has 0 N–H and O–H groups in total. The van der Waals surface area contributed by atoms with E-state index in [1.807, 2.05) is 39.8 Å². The maximum absolute atomic E-state index is 12.0. The highest BCUT2D eigenvalue weighted by Gasteiger charge is 2.16. The van der Waals surface area contributed by atoms with E-state index >= 15 is 0 Å². The van der Waals surface area contributed by atoms with E-state index in [2.05, 4.69) is 4.98 Å². The first-order valence-electron chi connectivity index (χ1n) is 5.69. The summed E-state index contributed by atoms with van der Waals surface area (Å²) in [5.74, 6) is 0.323. The van der Waals surface area contributed by atoms with E-state index in [1.165, 1.54) is 16.9 Å². The number of hydrogen-bond donors (Lipinski definition) is 0. The molecular formula is C14H15NO2S. The number of thiazole rings is 1. The van der Waals surface area contributed by atoms with Crippen LogP contribution in [0.2, 0.25) is 0 Å². The SMILES string of the molecule is Cc1cc(C)c(OC(=O)c2scnc2C)c(C)c1. The van der Waals surface area contributed by atoms with Crippen molar-refractivity contribution >= 4 is 17.3 Å². The van der Waals surface area contributed by atoms with Crippen LogP contribution in [0.25, 0.3) is 0 Å². The molecule has 0 radical (unpaired) electrons. The molecule has 1 aromatic heterocycles. The van der Waals surface area contributed by atoms with Crippen LogP contribution in [0.15, 0.2) is 17.6 Å². The first kappa shape index (κ1) is 12.8. The molecule has 0 fully saturated rings. The van der Waals surface area contributed by atoms with Crippen LogP contribution in [0.1, 0.15) is 32.1 Å². The molecule has 2 aromatic rings. The number of carbonyl (C=O) groups is 1. The fraction of sp³-hybridized carbons (Fsp3) is 0.286. The van der Waals surface area contributed by atoms with Gasteiger partial charge in [0, 0.05) is 0 Å². The number of esters is 1. The summed E-state index contributed by atoms with van der Waals surface area (Å²) in [6, 6.07) is 4.02. The summed E-state index contributed by atoms with van der Waals surface area (Å²) in [5.41, 5.74) is 5.48. The van der Waals surface area contributed by atoms with Crippen LogP contribution in [0, 0.1) is 27.7 Å². The van der Waals surface area contributed by atoms with E-state index < -0.39 is 0 Å². The Kier molecular flexibility index (Phi) is 3.48. The molecule has 94 valence electrons. The molecule has 18 heavy (non-hydrogen) atoms. The van der Waals surface area contributed by atoms with Gasteiger partial charge in [-0.15, -0.1) is 11.3 Å². The summed E-state index contributed by atoms with van der Waals surface area (Å²) in [6.07, 6.45) is 0. The van der Waals surface area contributed by atoms with Crippen LogP contribution in [0.5, 0.6) is 5.75 Å². The molecule has 0 aliphatic heterocycles. The second-order valence-corrected chi connectivity index (χ2v) is 5.24. The molecule has 3 nitrogen and oxygen atoms in total. The lowest BCUT2D eigenvalue weighted by molar-refractivity contribution is 0.0736. The van der Waals surface area contributed by atoms with Crippen molar-refractivity contribution in [3.05, 3.63) is 44.9 Å². The maximum Gasteiger partial charge on any atom is 0.355 e. The summed E-state index contributed by atoms with van der Waals surface area (Å²) in [6.45, 7) is 7.73. The number of rotatable bonds is 2. The second kappa shape index (κ2) is 4.90. The number of aryl methyl sites for hydroxylation is 4. The first-order chi connectivity index (χ1) is 8.49. The van der Waals surface area contributed by atoms with E-state index in [9.17, 15) is 4.79 Å². The molecule has 4 heteroatoms. The van der Waals surface area contributed by atoms with Gasteiger partial charge < -0.3 is 4.74 Å². The zero-order valence-corrected chi connectivity index (χ0v) is 11.7. The summed E-state index contributed by atoms with van der Waals surface area (Å²) in [4.78, 5) is 16.7. The largest absolute Gasteiger partial charge is 0.422 e. The summed E-state index contributed by atoms with van der Waals surface area (Å²) < 4.78 is 5.49. The van der Waals surface area contributed by atoms with Crippen molar-refractivity contribution < 1.29 is 9.53 Å². The lowest BCUT2D eigenvalue weighted by atomic mass is 10.1. The Morgan fingerprint density at radius 2 is 1.78 bits per heavy atom. The van der Waals surface area contributed by atoms with Crippen LogP contribution in [-0.2, 0) is 0 Å². The Bertz CT molecular complexity index is 579. The minimum atomic E-state index is -0.329. The van der Waals surface area contributed by atoms with Crippen molar-refractivity contribution in [3.63, 3.8) is 0 Å². The smallest absolute Gasteiger partial charge is 0.355 e. The van der Waals surface area contributed by atoms with Crippen LogP contribution in [0.3, 0.4) is 0 Å². The number of aromatic nitrogens is 1. The summed E-state index contributed by atoms with van der Waals surface area (Å²) in [7, 11) is 0. The van der Waals surface area contributed by atoms with Gasteiger partial charge in [-0.25, -0.2) is 9.78 Å². The predicted octanol–water partition coefficient (Wildman–Crippen LogP) is 3.60. The van der Waals surface area contributed by atoms with Crippen LogP contribution < -0.4 is 4.74 Å². The standard InChI is InChI=1S/C14H15NO2S/c1-8-5-9(2)12(10(3)6-8)17-14(16)13-11(4)15-7-18-13/h5-7H,1-4H3. The van der Waals surface area contributed by atoms with Crippen molar-refractivity contribution in [2.45, 2.75) is 27.7 Å². The molecule has 0 bridgehead atoms. The third-order valence-electron chi connectivity index (χ3n) is 2.73. The van der Waals surface area contributed by atoms with Gasteiger partial charge in [-0.2, -0.15) is 0 Å². The number of ether oxygens (including phenoxy) is 1. The Morgan fingerprint density at radius 3 is 2.28 bits per heavy atom. The summed E-state index contributed by atoms with van der Waals surface area (Å²) >= 11 is 1.31. The Hall–Kier alpha value is -1.68. The van der Waals surface area contributed by atoms with E-state index in [1.54, 1.807) is 5.51 Å². The predicted molar refractivity (Wildman–Crippen MR) is 72.5 cm³/mol. The lowest BCUT2D eigenvalue weighted by Crippen LogP contribution is -2.10. The molecule has 0 aliphatic rings. The highest BCUT2D eigenvalue weighted by Crippen LogP contribution is 2.26. The van der Waals surface area contributed by atoms with Crippen LogP contribution in [-0.4, -0.2) is 11.0 Å². The average Bonchev–Trinajstić information content (AvgIpc) is 2.69. The van der Waals surface area contributed by atoms with E-state index in [-0.39, 0.29) is 5.97 Å². The molecule has 0 atom stereocenters. The average molecular weight is 261 g/mol. The third-order valence-corrected chi connectivity index (χ3v) is 3.64. The molecule has 0 saturated carbocycles. The highest BCUT2D eigenvalue weighted by atomic mass is 32.1.